The van der Waals surface area contributed by atoms with Crippen LogP contribution in [0.3, 0.4) is 0 Å². The number of likely N-dealkylation sites (N-methyl/N-ethyl adjacent to an activating group) is 1. The Hall–Kier alpha value is -2.87. The summed E-state index contributed by atoms with van der Waals surface area (Å²) in [5.41, 5.74) is 0.884. The molecule has 0 aliphatic carbocycles. The number of H-pyrrole nitrogens is 1. The first-order valence-electron chi connectivity index (χ1n) is 12.4. The molecule has 0 spiro atoms. The third-order valence-electron chi connectivity index (χ3n) is 7.26. The van der Waals surface area contributed by atoms with Crippen molar-refractivity contribution in [2.24, 2.45) is 5.41 Å². The molecule has 0 atom stereocenters. The van der Waals surface area contributed by atoms with Crippen LogP contribution in [0.5, 0.6) is 5.75 Å². The quantitative estimate of drug-likeness (QED) is 0.613. The van der Waals surface area contributed by atoms with Gasteiger partial charge >= 0.3 is 0 Å². The number of likely N-dealkylation sites (tertiary alicyclic amines) is 1. The van der Waals surface area contributed by atoms with Gasteiger partial charge in [0.05, 0.1) is 12.8 Å². The van der Waals surface area contributed by atoms with Gasteiger partial charge in [-0.15, -0.1) is 0 Å². The molecule has 2 aromatic rings. The Morgan fingerprint density at radius 2 is 1.71 bits per heavy atom. The molecule has 3 heterocycles. The van der Waals surface area contributed by atoms with Gasteiger partial charge in [0.1, 0.15) is 5.75 Å². The molecule has 2 amide bonds. The number of rotatable bonds is 9. The average Bonchev–Trinajstić information content (AvgIpc) is 3.38. The van der Waals surface area contributed by atoms with Gasteiger partial charge in [0.25, 0.3) is 0 Å². The molecule has 2 saturated heterocycles. The predicted molar refractivity (Wildman–Crippen MR) is 130 cm³/mol. The summed E-state index contributed by atoms with van der Waals surface area (Å²) in [5.74, 6) is 1.24. The van der Waals surface area contributed by atoms with Crippen LogP contribution in [0, 0.1) is 5.41 Å². The highest BCUT2D eigenvalue weighted by Gasteiger charge is 2.39. The minimum absolute atomic E-state index is 0.200. The third-order valence-corrected chi connectivity index (χ3v) is 7.26. The number of carbonyl (C=O) groups is 2. The monoisotopic (exact) mass is 467 g/mol. The highest BCUT2D eigenvalue weighted by atomic mass is 16.5. The number of aromatic amines is 1. The number of para-hydroxylation sites is 1. The fourth-order valence-electron chi connectivity index (χ4n) is 4.86. The first kappa shape index (κ1) is 24.3. The van der Waals surface area contributed by atoms with Crippen LogP contribution < -0.4 is 4.74 Å². The number of amides is 2. The van der Waals surface area contributed by atoms with E-state index in [0.29, 0.717) is 32.5 Å². The van der Waals surface area contributed by atoms with Crippen molar-refractivity contribution in [2.45, 2.75) is 38.5 Å². The van der Waals surface area contributed by atoms with E-state index >= 15 is 0 Å². The van der Waals surface area contributed by atoms with Crippen molar-refractivity contribution in [3.8, 4) is 5.75 Å². The van der Waals surface area contributed by atoms with E-state index in [1.54, 1.807) is 0 Å². The minimum Gasteiger partial charge on any atom is -0.493 e. The second-order valence-corrected chi connectivity index (χ2v) is 9.80. The molecule has 0 bridgehead atoms. The molecule has 1 aromatic carbocycles. The zero-order chi connectivity index (χ0) is 23.8. The molecule has 0 radical (unpaired) electrons. The van der Waals surface area contributed by atoms with Crippen LogP contribution in [0.2, 0.25) is 0 Å². The van der Waals surface area contributed by atoms with Gasteiger partial charge in [0.15, 0.2) is 0 Å². The van der Waals surface area contributed by atoms with E-state index in [-0.39, 0.29) is 17.2 Å². The molecule has 34 heavy (non-hydrogen) atoms. The molecule has 2 aliphatic rings. The number of piperazine rings is 1. The number of carbonyl (C=O) groups excluding carboxylic acids is 2. The largest absolute Gasteiger partial charge is 0.493 e. The second kappa shape index (κ2) is 11.5. The van der Waals surface area contributed by atoms with Gasteiger partial charge in [-0.3, -0.25) is 14.7 Å². The Kier molecular flexibility index (Phi) is 8.21. The van der Waals surface area contributed by atoms with Crippen molar-refractivity contribution in [3.05, 3.63) is 48.3 Å². The molecule has 2 fully saturated rings. The minimum atomic E-state index is -0.246. The van der Waals surface area contributed by atoms with E-state index in [2.05, 4.69) is 22.1 Å². The van der Waals surface area contributed by atoms with Crippen LogP contribution in [0.1, 0.15) is 37.7 Å². The summed E-state index contributed by atoms with van der Waals surface area (Å²) in [4.78, 5) is 32.3. The van der Waals surface area contributed by atoms with Gasteiger partial charge in [-0.2, -0.15) is 5.10 Å². The molecule has 8 nitrogen and oxygen atoms in total. The molecule has 8 heteroatoms. The molecule has 184 valence electrons. The first-order chi connectivity index (χ1) is 16.5. The maximum Gasteiger partial charge on any atom is 0.223 e. The number of hydrogen-bond acceptors (Lipinski definition) is 5. The van der Waals surface area contributed by atoms with Crippen molar-refractivity contribution in [3.63, 3.8) is 0 Å². The van der Waals surface area contributed by atoms with Gasteiger partial charge in [-0.05, 0) is 50.4 Å². The van der Waals surface area contributed by atoms with Crippen LogP contribution in [-0.4, -0.2) is 89.6 Å². The summed E-state index contributed by atoms with van der Waals surface area (Å²) in [6.07, 6.45) is 7.95. The highest BCUT2D eigenvalue weighted by Crippen LogP contribution is 2.37. The number of ether oxygens (including phenoxy) is 1. The zero-order valence-corrected chi connectivity index (χ0v) is 20.2. The lowest BCUT2D eigenvalue weighted by Crippen LogP contribution is -2.51. The summed E-state index contributed by atoms with van der Waals surface area (Å²) < 4.78 is 6.16. The topological polar surface area (TPSA) is 81.8 Å². The van der Waals surface area contributed by atoms with Crippen molar-refractivity contribution in [2.75, 3.05) is 52.9 Å². The fourth-order valence-corrected chi connectivity index (χ4v) is 4.86. The van der Waals surface area contributed by atoms with Crippen LogP contribution >= 0.6 is 0 Å². The SMILES string of the molecule is CN1CCN(C(=O)CC2(COc3ccccc3)CCN(C(=O)CCCc3cn[nH]c3)CC2)CC1. The number of aryl methyl sites for hydroxylation is 1. The van der Waals surface area contributed by atoms with Gasteiger partial charge < -0.3 is 19.4 Å². The van der Waals surface area contributed by atoms with Crippen molar-refractivity contribution in [1.29, 1.82) is 0 Å². The Labute approximate surface area is 202 Å². The first-order valence-corrected chi connectivity index (χ1v) is 12.4. The number of aromatic nitrogens is 2. The lowest BCUT2D eigenvalue weighted by molar-refractivity contribution is -0.139. The molecular formula is C26H37N5O3. The predicted octanol–water partition coefficient (Wildman–Crippen LogP) is 2.58. The summed E-state index contributed by atoms with van der Waals surface area (Å²) in [7, 11) is 2.10. The summed E-state index contributed by atoms with van der Waals surface area (Å²) in [5, 5.41) is 6.78. The summed E-state index contributed by atoms with van der Waals surface area (Å²) in [6, 6.07) is 9.80. The normalized spacial score (nSPS) is 18.6. The molecule has 2 aliphatic heterocycles. The zero-order valence-electron chi connectivity index (χ0n) is 20.2. The van der Waals surface area contributed by atoms with E-state index in [1.165, 1.54) is 0 Å². The second-order valence-electron chi connectivity index (χ2n) is 9.80. The molecule has 1 N–H and O–H groups in total. The average molecular weight is 468 g/mol. The summed E-state index contributed by atoms with van der Waals surface area (Å²) in [6.45, 7) is 5.26. The van der Waals surface area contributed by atoms with Crippen molar-refractivity contribution < 1.29 is 14.3 Å². The van der Waals surface area contributed by atoms with Crippen LogP contribution in [0.15, 0.2) is 42.7 Å². The fraction of sp³-hybridized carbons (Fsp3) is 0.577. The van der Waals surface area contributed by atoms with Crippen LogP contribution in [0.25, 0.3) is 0 Å². The standard InChI is InChI=1S/C26H37N5O3/c1-29-14-16-31(17-15-29)25(33)18-26(21-34-23-7-3-2-4-8-23)10-12-30(13-11-26)24(32)9-5-6-22-19-27-28-20-22/h2-4,7-8,19-20H,5-6,9-18,21H2,1H3,(H,27,28). The summed E-state index contributed by atoms with van der Waals surface area (Å²) >= 11 is 0. The number of nitrogens with one attached hydrogen (secondary N) is 1. The number of hydrogen-bond donors (Lipinski definition) is 1. The van der Waals surface area contributed by atoms with Gasteiger partial charge in [-0.1, -0.05) is 18.2 Å². The Morgan fingerprint density at radius 1 is 1.00 bits per heavy atom. The Morgan fingerprint density at radius 3 is 2.38 bits per heavy atom. The molecule has 1 aromatic heterocycles. The molecular weight excluding hydrogens is 430 g/mol. The lowest BCUT2D eigenvalue weighted by atomic mass is 9.75. The maximum atomic E-state index is 13.2. The van der Waals surface area contributed by atoms with E-state index in [1.807, 2.05) is 52.5 Å². The smallest absolute Gasteiger partial charge is 0.223 e. The van der Waals surface area contributed by atoms with Gasteiger partial charge in [0, 0.05) is 63.7 Å². The molecule has 0 saturated carbocycles. The number of benzene rings is 1. The van der Waals surface area contributed by atoms with Crippen LogP contribution in [-0.2, 0) is 16.0 Å². The Balaban J connectivity index is 1.33. The van der Waals surface area contributed by atoms with E-state index in [4.69, 9.17) is 4.74 Å². The van der Waals surface area contributed by atoms with Crippen molar-refractivity contribution >= 4 is 11.8 Å². The van der Waals surface area contributed by atoms with E-state index in [9.17, 15) is 9.59 Å². The number of piperidine rings is 1. The molecule has 0 unspecified atom stereocenters. The highest BCUT2D eigenvalue weighted by molar-refractivity contribution is 5.78. The van der Waals surface area contributed by atoms with Gasteiger partial charge in [0.2, 0.25) is 11.8 Å². The van der Waals surface area contributed by atoms with E-state index in [0.717, 1.165) is 63.2 Å². The van der Waals surface area contributed by atoms with E-state index < -0.39 is 0 Å². The maximum absolute atomic E-state index is 13.2. The lowest BCUT2D eigenvalue weighted by Gasteiger charge is -2.43. The van der Waals surface area contributed by atoms with Crippen LogP contribution in [0.4, 0.5) is 0 Å². The van der Waals surface area contributed by atoms with Gasteiger partial charge in [-0.25, -0.2) is 0 Å². The van der Waals surface area contributed by atoms with Crippen molar-refractivity contribution in [1.82, 2.24) is 24.9 Å². The Bertz CT molecular complexity index is 902. The number of nitrogens with zero attached hydrogens (tertiary/aromatic N) is 4. The third kappa shape index (κ3) is 6.59. The molecule has 4 rings (SSSR count).